The number of nitrogens with one attached hydrogen (secondary N) is 2. The molecule has 0 radical (unpaired) electrons. The van der Waals surface area contributed by atoms with E-state index in [2.05, 4.69) is 10.6 Å². The molecule has 0 spiro atoms. The highest BCUT2D eigenvalue weighted by Crippen LogP contribution is 2.16. The van der Waals surface area contributed by atoms with Crippen molar-refractivity contribution >= 4 is 11.8 Å². The first kappa shape index (κ1) is 24.6. The van der Waals surface area contributed by atoms with Crippen LogP contribution in [0.25, 0.3) is 0 Å². The van der Waals surface area contributed by atoms with Gasteiger partial charge in [0.05, 0.1) is 23.3 Å². The van der Waals surface area contributed by atoms with Gasteiger partial charge >= 0.3 is 0 Å². The average molecular weight is 427 g/mol. The quantitative estimate of drug-likeness (QED) is 0.439. The highest BCUT2D eigenvalue weighted by molar-refractivity contribution is 5.97. The van der Waals surface area contributed by atoms with E-state index in [1.165, 1.54) is 0 Å². The van der Waals surface area contributed by atoms with Crippen molar-refractivity contribution in [1.82, 2.24) is 10.6 Å². The first-order valence-corrected chi connectivity index (χ1v) is 10.6. The molecule has 2 atom stereocenters. The topological polar surface area (TPSA) is 98.7 Å². The van der Waals surface area contributed by atoms with Crippen LogP contribution in [-0.2, 0) is 22.4 Å². The van der Waals surface area contributed by atoms with Crippen LogP contribution in [0.3, 0.4) is 0 Å². The fourth-order valence-electron chi connectivity index (χ4n) is 3.29. The van der Waals surface area contributed by atoms with Gasteiger partial charge in [-0.25, -0.2) is 0 Å². The summed E-state index contributed by atoms with van der Waals surface area (Å²) in [6.07, 6.45) is 0.499. The van der Waals surface area contributed by atoms with E-state index in [1.807, 2.05) is 60.7 Å². The van der Waals surface area contributed by atoms with Gasteiger partial charge in [0.15, 0.2) is 0 Å². The third-order valence-electron chi connectivity index (χ3n) is 5.26. The van der Waals surface area contributed by atoms with Crippen LogP contribution in [0.5, 0.6) is 0 Å². The fourth-order valence-corrected chi connectivity index (χ4v) is 3.29. The lowest BCUT2D eigenvalue weighted by atomic mass is 9.92. The Bertz CT molecular complexity index is 768. The van der Waals surface area contributed by atoms with Gasteiger partial charge in [0, 0.05) is 0 Å². The Kier molecular flexibility index (Phi) is 8.36. The van der Waals surface area contributed by atoms with E-state index >= 15 is 0 Å². The van der Waals surface area contributed by atoms with Crippen molar-refractivity contribution in [3.05, 3.63) is 71.8 Å². The summed E-state index contributed by atoms with van der Waals surface area (Å²) in [5, 5.41) is 26.6. The minimum Gasteiger partial charge on any atom is -0.388 e. The Hall–Kier alpha value is -2.70. The molecule has 0 fully saturated rings. The van der Waals surface area contributed by atoms with Crippen LogP contribution in [0.4, 0.5) is 0 Å². The second kappa shape index (κ2) is 10.6. The minimum absolute atomic E-state index is 0.386. The highest BCUT2D eigenvalue weighted by atomic mass is 16.3. The Morgan fingerprint density at radius 3 is 1.32 bits per heavy atom. The van der Waals surface area contributed by atoms with Crippen molar-refractivity contribution in [2.24, 2.45) is 0 Å². The van der Waals surface area contributed by atoms with Crippen molar-refractivity contribution in [3.8, 4) is 0 Å². The lowest BCUT2D eigenvalue weighted by Gasteiger charge is -2.31. The molecule has 0 aromatic heterocycles. The molecular formula is C25H34N2O4. The third-order valence-corrected chi connectivity index (χ3v) is 5.26. The zero-order valence-corrected chi connectivity index (χ0v) is 18.8. The maximum atomic E-state index is 12.5. The van der Waals surface area contributed by atoms with Crippen LogP contribution in [0.15, 0.2) is 60.7 Å². The normalized spacial score (nSPS) is 13.9. The Morgan fingerprint density at radius 2 is 1.03 bits per heavy atom. The summed E-state index contributed by atoms with van der Waals surface area (Å²) in [6, 6.07) is 18.0. The van der Waals surface area contributed by atoms with Gasteiger partial charge in [0.1, 0.15) is 6.42 Å². The molecule has 0 saturated carbocycles. The van der Waals surface area contributed by atoms with Crippen LogP contribution in [0.2, 0.25) is 0 Å². The number of benzene rings is 2. The Labute approximate surface area is 184 Å². The van der Waals surface area contributed by atoms with Crippen molar-refractivity contribution in [1.29, 1.82) is 0 Å². The number of hydrogen-bond acceptors (Lipinski definition) is 4. The molecule has 2 aromatic carbocycles. The van der Waals surface area contributed by atoms with Gasteiger partial charge in [-0.1, -0.05) is 60.7 Å². The molecule has 0 aliphatic heterocycles. The zero-order valence-electron chi connectivity index (χ0n) is 18.8. The number of carbonyl (C=O) groups excluding carboxylic acids is 2. The van der Waals surface area contributed by atoms with Gasteiger partial charge in [-0.15, -0.1) is 0 Å². The molecule has 0 aliphatic rings. The Balaban J connectivity index is 1.99. The van der Waals surface area contributed by atoms with Gasteiger partial charge in [0.25, 0.3) is 0 Å². The predicted molar refractivity (Wildman–Crippen MR) is 121 cm³/mol. The summed E-state index contributed by atoms with van der Waals surface area (Å²) in [4.78, 5) is 25.1. The van der Waals surface area contributed by atoms with Gasteiger partial charge < -0.3 is 20.8 Å². The standard InChI is InChI=1S/C25H34N2O4/c1-24(2,30)20(15-18-11-7-5-8-12-18)26-22(28)17-23(29)27-21(25(3,4)31)16-19-13-9-6-10-14-19/h5-14,20-21,30-31H,15-17H2,1-4H3,(H,26,28)(H,27,29). The van der Waals surface area contributed by atoms with Crippen molar-refractivity contribution in [3.63, 3.8) is 0 Å². The number of aliphatic hydroxyl groups is 2. The van der Waals surface area contributed by atoms with Gasteiger partial charge in [-0.05, 0) is 51.7 Å². The molecule has 2 unspecified atom stereocenters. The van der Waals surface area contributed by atoms with E-state index in [0.717, 1.165) is 11.1 Å². The lowest BCUT2D eigenvalue weighted by Crippen LogP contribution is -2.53. The first-order valence-electron chi connectivity index (χ1n) is 10.6. The van der Waals surface area contributed by atoms with E-state index in [-0.39, 0.29) is 6.42 Å². The van der Waals surface area contributed by atoms with Crippen LogP contribution < -0.4 is 10.6 Å². The molecule has 2 rings (SSSR count). The van der Waals surface area contributed by atoms with E-state index < -0.39 is 35.1 Å². The van der Waals surface area contributed by atoms with E-state index in [4.69, 9.17) is 0 Å². The molecule has 6 nitrogen and oxygen atoms in total. The minimum atomic E-state index is -1.16. The molecule has 2 aromatic rings. The van der Waals surface area contributed by atoms with Crippen LogP contribution >= 0.6 is 0 Å². The fraction of sp³-hybridized carbons (Fsp3) is 0.440. The van der Waals surface area contributed by atoms with E-state index in [9.17, 15) is 19.8 Å². The summed E-state index contributed by atoms with van der Waals surface area (Å²) in [6.45, 7) is 6.52. The second-order valence-electron chi connectivity index (χ2n) is 9.10. The molecule has 0 aliphatic carbocycles. The summed E-state index contributed by atoms with van der Waals surface area (Å²) in [7, 11) is 0. The predicted octanol–water partition coefficient (Wildman–Crippen LogP) is 2.37. The SMILES string of the molecule is CC(C)(O)C(Cc1ccccc1)NC(=O)CC(=O)NC(Cc1ccccc1)C(C)(C)O. The molecule has 4 N–H and O–H groups in total. The summed E-state index contributed by atoms with van der Waals surface area (Å²) in [5.74, 6) is -0.954. The maximum Gasteiger partial charge on any atom is 0.229 e. The molecule has 31 heavy (non-hydrogen) atoms. The van der Waals surface area contributed by atoms with Crippen molar-refractivity contribution < 1.29 is 19.8 Å². The zero-order chi connectivity index (χ0) is 23.1. The van der Waals surface area contributed by atoms with Crippen molar-refractivity contribution in [2.75, 3.05) is 0 Å². The smallest absolute Gasteiger partial charge is 0.229 e. The lowest BCUT2D eigenvalue weighted by molar-refractivity contribution is -0.132. The van der Waals surface area contributed by atoms with Crippen LogP contribution in [0, 0.1) is 0 Å². The van der Waals surface area contributed by atoms with Crippen molar-refractivity contribution in [2.45, 2.75) is 70.2 Å². The summed E-state index contributed by atoms with van der Waals surface area (Å²) >= 11 is 0. The maximum absolute atomic E-state index is 12.5. The molecule has 0 heterocycles. The largest absolute Gasteiger partial charge is 0.388 e. The number of amides is 2. The molecule has 168 valence electrons. The average Bonchev–Trinajstić information content (AvgIpc) is 2.67. The monoisotopic (exact) mass is 426 g/mol. The van der Waals surface area contributed by atoms with Gasteiger partial charge in [-0.3, -0.25) is 9.59 Å². The first-order chi connectivity index (χ1) is 14.4. The molecule has 0 saturated heterocycles. The molecule has 6 heteroatoms. The van der Waals surface area contributed by atoms with Crippen LogP contribution in [-0.4, -0.2) is 45.3 Å². The van der Waals surface area contributed by atoms with Gasteiger partial charge in [-0.2, -0.15) is 0 Å². The Morgan fingerprint density at radius 1 is 0.710 bits per heavy atom. The molecular weight excluding hydrogens is 392 g/mol. The van der Waals surface area contributed by atoms with Gasteiger partial charge in [0.2, 0.25) is 11.8 Å². The number of carbonyl (C=O) groups is 2. The van der Waals surface area contributed by atoms with Crippen LogP contribution in [0.1, 0.15) is 45.2 Å². The third kappa shape index (κ3) is 8.52. The number of hydrogen-bond donors (Lipinski definition) is 4. The summed E-state index contributed by atoms with van der Waals surface area (Å²) in [5.41, 5.74) is -0.371. The molecule has 0 bridgehead atoms. The second-order valence-corrected chi connectivity index (χ2v) is 9.10. The summed E-state index contributed by atoms with van der Waals surface area (Å²) < 4.78 is 0. The molecule has 2 amide bonds. The number of rotatable bonds is 10. The van der Waals surface area contributed by atoms with E-state index in [1.54, 1.807) is 27.7 Å². The highest BCUT2D eigenvalue weighted by Gasteiger charge is 2.31. The van der Waals surface area contributed by atoms with E-state index in [0.29, 0.717) is 12.8 Å².